The van der Waals surface area contributed by atoms with E-state index in [4.69, 9.17) is 14.3 Å². The zero-order valence-corrected chi connectivity index (χ0v) is 13.4. The summed E-state index contributed by atoms with van der Waals surface area (Å²) in [5.74, 6) is 0.967. The monoisotopic (exact) mass is 327 g/mol. The van der Waals surface area contributed by atoms with Gasteiger partial charge in [0.2, 0.25) is 6.10 Å². The summed E-state index contributed by atoms with van der Waals surface area (Å²) in [5, 5.41) is 6.78. The van der Waals surface area contributed by atoms with Crippen LogP contribution >= 0.6 is 0 Å². The molecule has 1 aliphatic rings. The van der Waals surface area contributed by atoms with Crippen LogP contribution in [0.5, 0.6) is 11.5 Å². The average Bonchev–Trinajstić information content (AvgIpc) is 3.12. The van der Waals surface area contributed by atoms with Gasteiger partial charge in [-0.25, -0.2) is 0 Å². The van der Waals surface area contributed by atoms with Gasteiger partial charge < -0.3 is 19.6 Å². The number of amides is 1. The second-order valence-electron chi connectivity index (χ2n) is 5.14. The number of nitrogens with zero attached hydrogens (tertiary/aromatic N) is 2. The van der Waals surface area contributed by atoms with Crippen LogP contribution in [0.25, 0.3) is 0 Å². The topological polar surface area (TPSA) is 82.0 Å². The summed E-state index contributed by atoms with van der Waals surface area (Å²) >= 11 is 0. The summed E-state index contributed by atoms with van der Waals surface area (Å²) in [4.78, 5) is 21.5. The van der Waals surface area contributed by atoms with E-state index in [9.17, 15) is 4.79 Å². The first-order valence-electron chi connectivity index (χ1n) is 7.37. The number of pyridine rings is 1. The Balaban J connectivity index is 1.67. The number of hydrogen-bond donors (Lipinski definition) is 1. The molecule has 124 valence electrons. The third kappa shape index (κ3) is 3.29. The molecule has 0 saturated heterocycles. The van der Waals surface area contributed by atoms with Crippen molar-refractivity contribution < 1.29 is 19.1 Å². The standard InChI is InChI=1S/C17H17N3O4/c1-22-14-6-5-11(8-15(14)23-2)13-9-16(24-20-13)17(21)19-12-4-3-7-18-10-12/h3-8,10,16H,9H2,1-2H3,(H,19,21)/t16-/m1/s1. The summed E-state index contributed by atoms with van der Waals surface area (Å²) in [6.45, 7) is 0. The lowest BCUT2D eigenvalue weighted by molar-refractivity contribution is -0.125. The highest BCUT2D eigenvalue weighted by Crippen LogP contribution is 2.29. The zero-order chi connectivity index (χ0) is 16.9. The number of hydrogen-bond acceptors (Lipinski definition) is 6. The molecule has 1 aromatic carbocycles. The molecule has 3 rings (SSSR count). The van der Waals surface area contributed by atoms with Crippen molar-refractivity contribution >= 4 is 17.3 Å². The lowest BCUT2D eigenvalue weighted by atomic mass is 10.0. The average molecular weight is 327 g/mol. The van der Waals surface area contributed by atoms with Crippen LogP contribution in [0.1, 0.15) is 12.0 Å². The van der Waals surface area contributed by atoms with Gasteiger partial charge in [0.25, 0.3) is 5.91 Å². The van der Waals surface area contributed by atoms with Crippen molar-refractivity contribution in [1.82, 2.24) is 4.98 Å². The van der Waals surface area contributed by atoms with Gasteiger partial charge in [-0.1, -0.05) is 5.16 Å². The molecule has 0 bridgehead atoms. The number of carbonyl (C=O) groups is 1. The van der Waals surface area contributed by atoms with E-state index in [1.807, 2.05) is 12.1 Å². The molecule has 1 atom stereocenters. The van der Waals surface area contributed by atoms with Crippen LogP contribution < -0.4 is 14.8 Å². The summed E-state index contributed by atoms with van der Waals surface area (Å²) in [7, 11) is 3.14. The first-order valence-corrected chi connectivity index (χ1v) is 7.37. The first-order chi connectivity index (χ1) is 11.7. The molecule has 1 amide bonds. The molecule has 1 aromatic heterocycles. The lowest BCUT2D eigenvalue weighted by Gasteiger charge is -2.10. The Hall–Kier alpha value is -3.09. The number of oxime groups is 1. The van der Waals surface area contributed by atoms with Gasteiger partial charge in [-0.3, -0.25) is 9.78 Å². The van der Waals surface area contributed by atoms with Crippen LogP contribution in [0.3, 0.4) is 0 Å². The summed E-state index contributed by atoms with van der Waals surface area (Å²) < 4.78 is 10.5. The fourth-order valence-corrected chi connectivity index (χ4v) is 2.36. The number of benzene rings is 1. The third-order valence-corrected chi connectivity index (χ3v) is 3.61. The van der Waals surface area contributed by atoms with Crippen LogP contribution in [-0.2, 0) is 9.63 Å². The molecule has 1 N–H and O–H groups in total. The van der Waals surface area contributed by atoms with Gasteiger partial charge in [0.1, 0.15) is 0 Å². The predicted octanol–water partition coefficient (Wildman–Crippen LogP) is 2.23. The normalized spacial score (nSPS) is 16.1. The molecule has 7 heteroatoms. The number of rotatable bonds is 5. The zero-order valence-electron chi connectivity index (χ0n) is 13.4. The summed E-state index contributed by atoms with van der Waals surface area (Å²) in [6, 6.07) is 8.96. The van der Waals surface area contributed by atoms with Crippen molar-refractivity contribution in [3.05, 3.63) is 48.3 Å². The maximum atomic E-state index is 12.2. The lowest BCUT2D eigenvalue weighted by Crippen LogP contribution is -2.28. The van der Waals surface area contributed by atoms with E-state index in [0.717, 1.165) is 5.56 Å². The molecule has 0 fully saturated rings. The Morgan fingerprint density at radius 3 is 2.79 bits per heavy atom. The van der Waals surface area contributed by atoms with Crippen molar-refractivity contribution in [2.75, 3.05) is 19.5 Å². The van der Waals surface area contributed by atoms with Gasteiger partial charge in [0.15, 0.2) is 11.5 Å². The van der Waals surface area contributed by atoms with Crippen LogP contribution in [0.15, 0.2) is 47.9 Å². The Morgan fingerprint density at radius 1 is 1.25 bits per heavy atom. The van der Waals surface area contributed by atoms with Gasteiger partial charge >= 0.3 is 0 Å². The minimum atomic E-state index is -0.673. The summed E-state index contributed by atoms with van der Waals surface area (Å²) in [5.41, 5.74) is 2.12. The fraction of sp³-hybridized carbons (Fsp3) is 0.235. The molecular weight excluding hydrogens is 310 g/mol. The smallest absolute Gasteiger partial charge is 0.268 e. The molecule has 7 nitrogen and oxygen atoms in total. The number of methoxy groups -OCH3 is 2. The van der Waals surface area contributed by atoms with E-state index in [1.165, 1.54) is 0 Å². The quantitative estimate of drug-likeness (QED) is 0.910. The van der Waals surface area contributed by atoms with Gasteiger partial charge in [-0.15, -0.1) is 0 Å². The van der Waals surface area contributed by atoms with Gasteiger partial charge in [-0.05, 0) is 30.3 Å². The Labute approximate surface area is 139 Å². The molecule has 0 saturated carbocycles. The minimum absolute atomic E-state index is 0.262. The number of anilines is 1. The third-order valence-electron chi connectivity index (χ3n) is 3.61. The van der Waals surface area contributed by atoms with E-state index in [-0.39, 0.29) is 5.91 Å². The maximum Gasteiger partial charge on any atom is 0.268 e. The largest absolute Gasteiger partial charge is 0.493 e. The number of nitrogens with one attached hydrogen (secondary N) is 1. The molecule has 24 heavy (non-hydrogen) atoms. The highest BCUT2D eigenvalue weighted by atomic mass is 16.6. The molecule has 0 aliphatic carbocycles. The second kappa shape index (κ2) is 6.99. The van der Waals surface area contributed by atoms with Crippen molar-refractivity contribution in [3.63, 3.8) is 0 Å². The number of ether oxygens (including phenoxy) is 2. The fourth-order valence-electron chi connectivity index (χ4n) is 2.36. The highest BCUT2D eigenvalue weighted by Gasteiger charge is 2.29. The Bertz CT molecular complexity index is 762. The molecule has 1 aliphatic heterocycles. The van der Waals surface area contributed by atoms with Gasteiger partial charge in [0.05, 0.1) is 31.8 Å². The molecular formula is C17H17N3O4. The van der Waals surface area contributed by atoms with E-state index in [0.29, 0.717) is 29.3 Å². The summed E-state index contributed by atoms with van der Waals surface area (Å²) in [6.07, 6.45) is 2.91. The molecule has 0 unspecified atom stereocenters. The van der Waals surface area contributed by atoms with Gasteiger partial charge in [0, 0.05) is 18.2 Å². The second-order valence-corrected chi connectivity index (χ2v) is 5.14. The number of carbonyl (C=O) groups excluding carboxylic acids is 1. The molecule has 0 spiro atoms. The minimum Gasteiger partial charge on any atom is -0.493 e. The maximum absolute atomic E-state index is 12.2. The molecule has 2 aromatic rings. The van der Waals surface area contributed by atoms with Crippen molar-refractivity contribution in [1.29, 1.82) is 0 Å². The van der Waals surface area contributed by atoms with E-state index in [1.54, 1.807) is 44.8 Å². The van der Waals surface area contributed by atoms with E-state index in [2.05, 4.69) is 15.5 Å². The predicted molar refractivity (Wildman–Crippen MR) is 88.4 cm³/mol. The van der Waals surface area contributed by atoms with E-state index >= 15 is 0 Å². The Morgan fingerprint density at radius 2 is 2.08 bits per heavy atom. The van der Waals surface area contributed by atoms with Gasteiger partial charge in [-0.2, -0.15) is 0 Å². The Kier molecular flexibility index (Phi) is 4.60. The van der Waals surface area contributed by atoms with E-state index < -0.39 is 6.10 Å². The SMILES string of the molecule is COc1ccc(C2=NO[C@@H](C(=O)Nc3cccnc3)C2)cc1OC. The van der Waals surface area contributed by atoms with Crippen LogP contribution in [0.2, 0.25) is 0 Å². The van der Waals surface area contributed by atoms with Crippen LogP contribution in [0.4, 0.5) is 5.69 Å². The van der Waals surface area contributed by atoms with Crippen LogP contribution in [0, 0.1) is 0 Å². The highest BCUT2D eigenvalue weighted by molar-refractivity contribution is 6.06. The molecule has 0 radical (unpaired) electrons. The first kappa shape index (κ1) is 15.8. The number of aromatic nitrogens is 1. The van der Waals surface area contributed by atoms with Crippen molar-refractivity contribution in [2.24, 2.45) is 5.16 Å². The molecule has 2 heterocycles. The van der Waals surface area contributed by atoms with Crippen LogP contribution in [-0.4, -0.2) is 36.9 Å². The van der Waals surface area contributed by atoms with Crippen molar-refractivity contribution in [2.45, 2.75) is 12.5 Å². The van der Waals surface area contributed by atoms with Crippen molar-refractivity contribution in [3.8, 4) is 11.5 Å².